The van der Waals surface area contributed by atoms with Gasteiger partial charge in [0.15, 0.2) is 0 Å². The van der Waals surface area contributed by atoms with Crippen molar-refractivity contribution in [1.29, 1.82) is 0 Å². The number of hydrogen-bond donors (Lipinski definition) is 3. The first-order valence-corrected chi connectivity index (χ1v) is 9.39. The molecule has 0 aliphatic carbocycles. The Kier molecular flexibility index (Phi) is 4.71. The minimum atomic E-state index is -0.128. The van der Waals surface area contributed by atoms with Crippen molar-refractivity contribution >= 4 is 29.0 Å². The van der Waals surface area contributed by atoms with Crippen LogP contribution in [-0.4, -0.2) is 36.0 Å². The molecule has 0 spiro atoms. The third-order valence-corrected chi connectivity index (χ3v) is 5.19. The molecular formula is C21H24N4O2. The molecule has 2 aliphatic rings. The molecule has 0 aromatic heterocycles. The second-order valence-electron chi connectivity index (χ2n) is 7.22. The van der Waals surface area contributed by atoms with Crippen molar-refractivity contribution in [2.75, 3.05) is 23.7 Å². The van der Waals surface area contributed by atoms with E-state index < -0.39 is 0 Å². The van der Waals surface area contributed by atoms with Gasteiger partial charge in [-0.05, 0) is 48.6 Å². The summed E-state index contributed by atoms with van der Waals surface area (Å²) in [6, 6.07) is 14.3. The molecule has 0 radical (unpaired) electrons. The number of carbonyl (C=O) groups is 2. The maximum Gasteiger partial charge on any atom is 0.321 e. The van der Waals surface area contributed by atoms with Gasteiger partial charge in [-0.1, -0.05) is 24.3 Å². The van der Waals surface area contributed by atoms with E-state index >= 15 is 0 Å². The van der Waals surface area contributed by atoms with E-state index in [9.17, 15) is 9.59 Å². The number of anilines is 3. The minimum absolute atomic E-state index is 0.0402. The second-order valence-corrected chi connectivity index (χ2v) is 7.22. The van der Waals surface area contributed by atoms with Crippen LogP contribution in [0.3, 0.4) is 0 Å². The first-order chi connectivity index (χ1) is 13.1. The van der Waals surface area contributed by atoms with Crippen LogP contribution in [0.1, 0.15) is 24.5 Å². The van der Waals surface area contributed by atoms with E-state index in [0.29, 0.717) is 13.1 Å². The number of urea groups is 1. The third-order valence-electron chi connectivity index (χ3n) is 5.19. The van der Waals surface area contributed by atoms with E-state index in [1.165, 1.54) is 18.1 Å². The number of aryl methyl sites for hydroxylation is 2. The standard InChI is InChI=1S/C21H24N4O2/c1-14(26)22-18-10-11-25(13-18)21(27)23-17-9-8-16-7-6-15-4-2-3-5-19(15)24-20(16)12-17/h2-5,8-9,12,18,24H,6-7,10-11,13H2,1H3,(H,22,26)(H,23,27)/t18-/m0/s1. The zero-order chi connectivity index (χ0) is 18.8. The molecule has 1 fully saturated rings. The highest BCUT2D eigenvalue weighted by Crippen LogP contribution is 2.31. The molecule has 0 saturated carbocycles. The number of fused-ring (bicyclic) bond motifs is 2. The highest BCUT2D eigenvalue weighted by Gasteiger charge is 2.26. The monoisotopic (exact) mass is 364 g/mol. The fourth-order valence-corrected chi connectivity index (χ4v) is 3.82. The summed E-state index contributed by atoms with van der Waals surface area (Å²) in [5, 5.41) is 9.37. The largest absolute Gasteiger partial charge is 0.355 e. The van der Waals surface area contributed by atoms with Gasteiger partial charge in [0, 0.05) is 43.1 Å². The van der Waals surface area contributed by atoms with Gasteiger partial charge in [-0.3, -0.25) is 4.79 Å². The van der Waals surface area contributed by atoms with Crippen molar-refractivity contribution in [3.63, 3.8) is 0 Å². The molecule has 6 nitrogen and oxygen atoms in total. The normalized spacial score (nSPS) is 18.0. The predicted molar refractivity (Wildman–Crippen MR) is 106 cm³/mol. The molecule has 2 aromatic carbocycles. The maximum atomic E-state index is 12.6. The van der Waals surface area contributed by atoms with Crippen LogP contribution < -0.4 is 16.0 Å². The molecular weight excluding hydrogens is 340 g/mol. The van der Waals surface area contributed by atoms with Crippen LogP contribution in [0.25, 0.3) is 0 Å². The highest BCUT2D eigenvalue weighted by molar-refractivity contribution is 5.90. The summed E-state index contributed by atoms with van der Waals surface area (Å²) in [6.07, 6.45) is 2.76. The van der Waals surface area contributed by atoms with Gasteiger partial charge in [0.2, 0.25) is 5.91 Å². The van der Waals surface area contributed by atoms with Crippen LogP contribution in [-0.2, 0) is 17.6 Å². The number of amides is 3. The Bertz CT molecular complexity index is 880. The fraction of sp³-hybridized carbons (Fsp3) is 0.333. The van der Waals surface area contributed by atoms with Crippen molar-refractivity contribution in [3.05, 3.63) is 53.6 Å². The minimum Gasteiger partial charge on any atom is -0.355 e. The van der Waals surface area contributed by atoms with Crippen LogP contribution in [0, 0.1) is 0 Å². The Hall–Kier alpha value is -3.02. The molecule has 27 heavy (non-hydrogen) atoms. The summed E-state index contributed by atoms with van der Waals surface area (Å²) in [7, 11) is 0. The van der Waals surface area contributed by atoms with Crippen molar-refractivity contribution in [1.82, 2.24) is 10.2 Å². The summed E-state index contributed by atoms with van der Waals surface area (Å²) < 4.78 is 0. The lowest BCUT2D eigenvalue weighted by Crippen LogP contribution is -2.38. The molecule has 2 aromatic rings. The van der Waals surface area contributed by atoms with E-state index in [0.717, 1.165) is 36.3 Å². The summed E-state index contributed by atoms with van der Waals surface area (Å²) in [5.41, 5.74) is 5.48. The molecule has 6 heteroatoms. The van der Waals surface area contributed by atoms with Crippen molar-refractivity contribution in [2.24, 2.45) is 0 Å². The van der Waals surface area contributed by atoms with Crippen LogP contribution in [0.15, 0.2) is 42.5 Å². The van der Waals surface area contributed by atoms with Gasteiger partial charge in [0.25, 0.3) is 0 Å². The van der Waals surface area contributed by atoms with Crippen LogP contribution >= 0.6 is 0 Å². The van der Waals surface area contributed by atoms with Gasteiger partial charge in [-0.15, -0.1) is 0 Å². The number of likely N-dealkylation sites (tertiary alicyclic amines) is 1. The van der Waals surface area contributed by atoms with Gasteiger partial charge in [0.1, 0.15) is 0 Å². The van der Waals surface area contributed by atoms with E-state index in [2.05, 4.69) is 40.2 Å². The summed E-state index contributed by atoms with van der Waals surface area (Å²) in [6.45, 7) is 2.69. The van der Waals surface area contributed by atoms with Gasteiger partial charge >= 0.3 is 6.03 Å². The van der Waals surface area contributed by atoms with E-state index in [1.807, 2.05) is 18.2 Å². The average molecular weight is 364 g/mol. The number of carbonyl (C=O) groups excluding carboxylic acids is 2. The summed E-state index contributed by atoms with van der Waals surface area (Å²) in [4.78, 5) is 25.5. The number of hydrogen-bond acceptors (Lipinski definition) is 3. The number of nitrogens with one attached hydrogen (secondary N) is 3. The topological polar surface area (TPSA) is 73.5 Å². The second kappa shape index (κ2) is 7.31. The fourth-order valence-electron chi connectivity index (χ4n) is 3.82. The Balaban J connectivity index is 1.45. The molecule has 4 rings (SSSR count). The molecule has 3 amide bonds. The van der Waals surface area contributed by atoms with E-state index in [1.54, 1.807) is 4.90 Å². The summed E-state index contributed by atoms with van der Waals surface area (Å²) >= 11 is 0. The summed E-state index contributed by atoms with van der Waals surface area (Å²) in [5.74, 6) is -0.0561. The number of para-hydroxylation sites is 1. The average Bonchev–Trinajstić information content (AvgIpc) is 3.01. The van der Waals surface area contributed by atoms with Crippen molar-refractivity contribution in [2.45, 2.75) is 32.2 Å². The SMILES string of the molecule is CC(=O)N[C@H]1CCN(C(=O)Nc2ccc3c(c2)Nc2ccccc2CC3)C1. The molecule has 2 aliphatic heterocycles. The van der Waals surface area contributed by atoms with Crippen LogP contribution in [0.4, 0.5) is 21.9 Å². The molecule has 1 atom stereocenters. The first kappa shape index (κ1) is 17.4. The molecule has 3 N–H and O–H groups in total. The molecule has 2 heterocycles. The van der Waals surface area contributed by atoms with Gasteiger partial charge in [-0.2, -0.15) is 0 Å². The molecule has 0 bridgehead atoms. The lowest BCUT2D eigenvalue weighted by molar-refractivity contribution is -0.119. The lowest BCUT2D eigenvalue weighted by Gasteiger charge is -2.18. The Labute approximate surface area is 158 Å². The number of rotatable bonds is 2. The molecule has 1 saturated heterocycles. The molecule has 140 valence electrons. The highest BCUT2D eigenvalue weighted by atomic mass is 16.2. The predicted octanol–water partition coefficient (Wildman–Crippen LogP) is 3.27. The maximum absolute atomic E-state index is 12.6. The van der Waals surface area contributed by atoms with Crippen molar-refractivity contribution in [3.8, 4) is 0 Å². The quantitative estimate of drug-likeness (QED) is 0.766. The smallest absolute Gasteiger partial charge is 0.321 e. The number of benzene rings is 2. The Morgan fingerprint density at radius 3 is 2.67 bits per heavy atom. The van der Waals surface area contributed by atoms with E-state index in [4.69, 9.17) is 0 Å². The zero-order valence-corrected chi connectivity index (χ0v) is 15.4. The zero-order valence-electron chi connectivity index (χ0n) is 15.4. The van der Waals surface area contributed by atoms with Gasteiger partial charge in [0.05, 0.1) is 0 Å². The van der Waals surface area contributed by atoms with Crippen LogP contribution in [0.2, 0.25) is 0 Å². The van der Waals surface area contributed by atoms with Crippen molar-refractivity contribution < 1.29 is 9.59 Å². The van der Waals surface area contributed by atoms with Gasteiger partial charge in [-0.25, -0.2) is 4.79 Å². The van der Waals surface area contributed by atoms with Crippen LogP contribution in [0.5, 0.6) is 0 Å². The van der Waals surface area contributed by atoms with Gasteiger partial charge < -0.3 is 20.9 Å². The van der Waals surface area contributed by atoms with E-state index in [-0.39, 0.29) is 18.0 Å². The number of nitrogens with zero attached hydrogens (tertiary/aromatic N) is 1. The third kappa shape index (κ3) is 3.89. The Morgan fingerprint density at radius 2 is 1.85 bits per heavy atom. The first-order valence-electron chi connectivity index (χ1n) is 9.39. The lowest BCUT2D eigenvalue weighted by atomic mass is 10.0. The molecule has 0 unspecified atom stereocenters. The Morgan fingerprint density at radius 1 is 1.07 bits per heavy atom.